The number of likely N-dealkylation sites (tertiary alicyclic amines) is 1. The van der Waals surface area contributed by atoms with Crippen LogP contribution in [-0.4, -0.2) is 29.9 Å². The Hall–Kier alpha value is -0.570. The number of carbonyl (C=O) groups excluding carboxylic acids is 1. The van der Waals surface area contributed by atoms with E-state index < -0.39 is 0 Å². The lowest BCUT2D eigenvalue weighted by molar-refractivity contribution is -0.128. The zero-order valence-electron chi connectivity index (χ0n) is 10.0. The molecule has 1 rings (SSSR count). The molecule has 0 radical (unpaired) electrons. The summed E-state index contributed by atoms with van der Waals surface area (Å²) in [5, 5.41) is 0. The molecule has 15 heavy (non-hydrogen) atoms. The number of rotatable bonds is 6. The van der Waals surface area contributed by atoms with Gasteiger partial charge in [0, 0.05) is 25.6 Å². The van der Waals surface area contributed by atoms with Crippen molar-refractivity contribution in [3.8, 4) is 0 Å². The Kier molecular flexibility index (Phi) is 5.09. The van der Waals surface area contributed by atoms with Gasteiger partial charge in [-0.1, -0.05) is 33.1 Å². The zero-order valence-corrected chi connectivity index (χ0v) is 10.0. The van der Waals surface area contributed by atoms with Crippen molar-refractivity contribution >= 4 is 5.91 Å². The van der Waals surface area contributed by atoms with Gasteiger partial charge in [0.05, 0.1) is 0 Å². The van der Waals surface area contributed by atoms with Crippen LogP contribution in [0.2, 0.25) is 0 Å². The number of unbranched alkanes of at least 4 members (excludes halogenated alkanes) is 1. The largest absolute Gasteiger partial charge is 0.341 e. The van der Waals surface area contributed by atoms with Gasteiger partial charge >= 0.3 is 0 Å². The summed E-state index contributed by atoms with van der Waals surface area (Å²) in [6, 6.07) is 0.0705. The van der Waals surface area contributed by atoms with Gasteiger partial charge in [-0.25, -0.2) is 0 Å². The summed E-state index contributed by atoms with van der Waals surface area (Å²) in [4.78, 5) is 13.5. The van der Waals surface area contributed by atoms with Gasteiger partial charge in [0.2, 0.25) is 5.91 Å². The quantitative estimate of drug-likeness (QED) is 0.729. The Balaban J connectivity index is 2.34. The normalized spacial score (nSPS) is 23.5. The molecule has 1 aliphatic rings. The highest BCUT2D eigenvalue weighted by Crippen LogP contribution is 2.18. The van der Waals surface area contributed by atoms with Crippen molar-refractivity contribution in [3.05, 3.63) is 0 Å². The molecule has 1 saturated heterocycles. The van der Waals surface area contributed by atoms with Crippen LogP contribution >= 0.6 is 0 Å². The molecule has 1 heterocycles. The molecule has 1 amide bonds. The Labute approximate surface area is 93.0 Å². The maximum absolute atomic E-state index is 11.6. The number of amides is 1. The SMILES string of the molecule is CCCCC(CC)CN1CC(N)CC1=O. The van der Waals surface area contributed by atoms with E-state index in [1.54, 1.807) is 0 Å². The van der Waals surface area contributed by atoms with Gasteiger partial charge in [0.1, 0.15) is 0 Å². The van der Waals surface area contributed by atoms with E-state index in [1.165, 1.54) is 25.7 Å². The fourth-order valence-corrected chi connectivity index (χ4v) is 2.21. The summed E-state index contributed by atoms with van der Waals surface area (Å²) in [5.41, 5.74) is 5.77. The average Bonchev–Trinajstić information content (AvgIpc) is 2.52. The van der Waals surface area contributed by atoms with Crippen LogP contribution in [-0.2, 0) is 4.79 Å². The van der Waals surface area contributed by atoms with Crippen molar-refractivity contribution in [1.82, 2.24) is 4.90 Å². The van der Waals surface area contributed by atoms with E-state index in [0.717, 1.165) is 13.1 Å². The van der Waals surface area contributed by atoms with Crippen molar-refractivity contribution in [2.24, 2.45) is 11.7 Å². The van der Waals surface area contributed by atoms with E-state index in [0.29, 0.717) is 12.3 Å². The average molecular weight is 212 g/mol. The van der Waals surface area contributed by atoms with Crippen molar-refractivity contribution in [1.29, 1.82) is 0 Å². The molecule has 0 aromatic heterocycles. The standard InChI is InChI=1S/C12H24N2O/c1-3-5-6-10(4-2)8-14-9-11(13)7-12(14)15/h10-11H,3-9,13H2,1-2H3. The van der Waals surface area contributed by atoms with Crippen molar-refractivity contribution in [2.75, 3.05) is 13.1 Å². The van der Waals surface area contributed by atoms with Crippen LogP contribution in [0.5, 0.6) is 0 Å². The molecule has 0 aliphatic carbocycles. The lowest BCUT2D eigenvalue weighted by atomic mass is 9.99. The first-order valence-electron chi connectivity index (χ1n) is 6.20. The van der Waals surface area contributed by atoms with E-state index in [1.807, 2.05) is 4.90 Å². The van der Waals surface area contributed by atoms with Crippen LogP contribution in [0.3, 0.4) is 0 Å². The summed E-state index contributed by atoms with van der Waals surface area (Å²) in [7, 11) is 0. The lowest BCUT2D eigenvalue weighted by Gasteiger charge is -2.22. The van der Waals surface area contributed by atoms with Gasteiger partial charge in [0.25, 0.3) is 0 Å². The molecule has 3 heteroatoms. The molecule has 2 atom stereocenters. The fraction of sp³-hybridized carbons (Fsp3) is 0.917. The molecule has 0 bridgehead atoms. The number of hydrogen-bond donors (Lipinski definition) is 1. The third-order valence-electron chi connectivity index (χ3n) is 3.27. The second-order valence-electron chi connectivity index (χ2n) is 4.68. The summed E-state index contributed by atoms with van der Waals surface area (Å²) in [6.45, 7) is 6.11. The topological polar surface area (TPSA) is 46.3 Å². The molecule has 88 valence electrons. The summed E-state index contributed by atoms with van der Waals surface area (Å²) < 4.78 is 0. The molecule has 0 spiro atoms. The van der Waals surface area contributed by atoms with Gasteiger partial charge < -0.3 is 10.6 Å². The van der Waals surface area contributed by atoms with Gasteiger partial charge in [-0.15, -0.1) is 0 Å². The van der Waals surface area contributed by atoms with E-state index in [9.17, 15) is 4.79 Å². The molecule has 2 unspecified atom stereocenters. The molecule has 1 aliphatic heterocycles. The molecule has 0 aromatic carbocycles. The molecule has 3 nitrogen and oxygen atoms in total. The van der Waals surface area contributed by atoms with E-state index in [2.05, 4.69) is 13.8 Å². The lowest BCUT2D eigenvalue weighted by Crippen LogP contribution is -2.32. The van der Waals surface area contributed by atoms with Gasteiger partial charge in [-0.2, -0.15) is 0 Å². The zero-order chi connectivity index (χ0) is 11.3. The maximum atomic E-state index is 11.6. The van der Waals surface area contributed by atoms with Crippen LogP contribution in [0, 0.1) is 5.92 Å². The first-order chi connectivity index (χ1) is 7.17. The summed E-state index contributed by atoms with van der Waals surface area (Å²) >= 11 is 0. The van der Waals surface area contributed by atoms with Gasteiger partial charge in [-0.05, 0) is 12.3 Å². The Morgan fingerprint density at radius 2 is 2.27 bits per heavy atom. The van der Waals surface area contributed by atoms with Crippen molar-refractivity contribution in [3.63, 3.8) is 0 Å². The minimum absolute atomic E-state index is 0.0705. The van der Waals surface area contributed by atoms with Gasteiger partial charge in [0.15, 0.2) is 0 Å². The second kappa shape index (κ2) is 6.11. The smallest absolute Gasteiger partial charge is 0.224 e. The van der Waals surface area contributed by atoms with Gasteiger partial charge in [-0.3, -0.25) is 4.79 Å². The predicted octanol–water partition coefficient (Wildman–Crippen LogP) is 1.76. The number of carbonyl (C=O) groups is 1. The molecule has 0 aromatic rings. The summed E-state index contributed by atoms with van der Waals surface area (Å²) in [5.74, 6) is 0.914. The van der Waals surface area contributed by atoms with Crippen molar-refractivity contribution < 1.29 is 4.79 Å². The van der Waals surface area contributed by atoms with Crippen LogP contribution < -0.4 is 5.73 Å². The van der Waals surface area contributed by atoms with E-state index in [4.69, 9.17) is 5.73 Å². The van der Waals surface area contributed by atoms with Crippen LogP contribution in [0.4, 0.5) is 0 Å². The molecular weight excluding hydrogens is 188 g/mol. The molecule has 2 N–H and O–H groups in total. The minimum Gasteiger partial charge on any atom is -0.341 e. The fourth-order valence-electron chi connectivity index (χ4n) is 2.21. The number of nitrogens with zero attached hydrogens (tertiary/aromatic N) is 1. The number of nitrogens with two attached hydrogens (primary N) is 1. The highest BCUT2D eigenvalue weighted by atomic mass is 16.2. The third-order valence-corrected chi connectivity index (χ3v) is 3.27. The van der Waals surface area contributed by atoms with E-state index in [-0.39, 0.29) is 11.9 Å². The van der Waals surface area contributed by atoms with Crippen LogP contribution in [0.1, 0.15) is 46.0 Å². The highest BCUT2D eigenvalue weighted by Gasteiger charge is 2.27. The second-order valence-corrected chi connectivity index (χ2v) is 4.68. The van der Waals surface area contributed by atoms with Crippen molar-refractivity contribution in [2.45, 2.75) is 52.0 Å². The Morgan fingerprint density at radius 1 is 1.53 bits per heavy atom. The Morgan fingerprint density at radius 3 is 2.73 bits per heavy atom. The summed E-state index contributed by atoms with van der Waals surface area (Å²) in [6.07, 6.45) is 5.46. The van der Waals surface area contributed by atoms with Crippen LogP contribution in [0.25, 0.3) is 0 Å². The first-order valence-corrected chi connectivity index (χ1v) is 6.20. The third kappa shape index (κ3) is 3.82. The monoisotopic (exact) mass is 212 g/mol. The van der Waals surface area contributed by atoms with Crippen LogP contribution in [0.15, 0.2) is 0 Å². The first kappa shape index (κ1) is 12.5. The Bertz CT molecular complexity index is 206. The predicted molar refractivity (Wildman–Crippen MR) is 62.5 cm³/mol. The molecule has 0 saturated carbocycles. The number of hydrogen-bond acceptors (Lipinski definition) is 2. The minimum atomic E-state index is 0.0705. The maximum Gasteiger partial charge on any atom is 0.224 e. The molecule has 1 fully saturated rings. The highest BCUT2D eigenvalue weighted by molar-refractivity contribution is 5.79. The van der Waals surface area contributed by atoms with E-state index >= 15 is 0 Å². The molecular formula is C12H24N2O.